The van der Waals surface area contributed by atoms with Gasteiger partial charge in [-0.25, -0.2) is 0 Å². The van der Waals surface area contributed by atoms with Gasteiger partial charge < -0.3 is 10.2 Å². The van der Waals surface area contributed by atoms with Gasteiger partial charge in [0.05, 0.1) is 0 Å². The summed E-state index contributed by atoms with van der Waals surface area (Å²) in [6.07, 6.45) is 2.16. The van der Waals surface area contributed by atoms with Crippen LogP contribution in [0.25, 0.3) is 0 Å². The molecule has 1 N–H and O–H groups in total. The number of benzene rings is 1. The summed E-state index contributed by atoms with van der Waals surface area (Å²) >= 11 is 5.80. The second kappa shape index (κ2) is 6.75. The quantitative estimate of drug-likeness (QED) is 0.931. The molecule has 108 valence electrons. The zero-order valence-electron chi connectivity index (χ0n) is 11.6. The highest BCUT2D eigenvalue weighted by Crippen LogP contribution is 2.13. The first-order valence-corrected chi connectivity index (χ1v) is 7.32. The van der Waals surface area contributed by atoms with E-state index < -0.39 is 0 Å². The lowest BCUT2D eigenvalue weighted by Gasteiger charge is -2.32. The molecule has 1 aliphatic heterocycles. The number of halogens is 1. The Morgan fingerprint density at radius 2 is 1.85 bits per heavy atom. The average molecular weight is 295 g/mol. The maximum absolute atomic E-state index is 12.1. The number of hydrogen-bond acceptors (Lipinski definition) is 2. The first kappa shape index (κ1) is 14.9. The van der Waals surface area contributed by atoms with Gasteiger partial charge in [-0.3, -0.25) is 9.59 Å². The SMILES string of the molecule is CCC(=O)N1CCC(NC(=O)c2ccc(Cl)cc2)CC1. The number of nitrogens with one attached hydrogen (secondary N) is 1. The highest BCUT2D eigenvalue weighted by Gasteiger charge is 2.23. The minimum atomic E-state index is -0.0815. The van der Waals surface area contributed by atoms with Crippen molar-refractivity contribution in [1.82, 2.24) is 10.2 Å². The van der Waals surface area contributed by atoms with Crippen molar-refractivity contribution >= 4 is 23.4 Å². The number of nitrogens with zero attached hydrogens (tertiary/aromatic N) is 1. The van der Waals surface area contributed by atoms with E-state index in [1.165, 1.54) is 0 Å². The number of carbonyl (C=O) groups excluding carboxylic acids is 2. The molecular formula is C15H19ClN2O2. The van der Waals surface area contributed by atoms with E-state index >= 15 is 0 Å². The Labute approximate surface area is 124 Å². The van der Waals surface area contributed by atoms with E-state index in [2.05, 4.69) is 5.32 Å². The summed E-state index contributed by atoms with van der Waals surface area (Å²) in [4.78, 5) is 25.5. The number of carbonyl (C=O) groups is 2. The molecule has 0 bridgehead atoms. The summed E-state index contributed by atoms with van der Waals surface area (Å²) in [6, 6.07) is 6.98. The van der Waals surface area contributed by atoms with E-state index in [1.807, 2.05) is 11.8 Å². The fourth-order valence-electron chi connectivity index (χ4n) is 2.37. The number of amides is 2. The van der Waals surface area contributed by atoms with Gasteiger partial charge in [0.15, 0.2) is 0 Å². The van der Waals surface area contributed by atoms with Crippen molar-refractivity contribution in [1.29, 1.82) is 0 Å². The molecule has 1 aromatic carbocycles. The molecule has 1 aliphatic rings. The predicted octanol–water partition coefficient (Wildman–Crippen LogP) is 2.47. The van der Waals surface area contributed by atoms with E-state index in [4.69, 9.17) is 11.6 Å². The molecule has 0 atom stereocenters. The maximum Gasteiger partial charge on any atom is 0.251 e. The Hall–Kier alpha value is -1.55. The molecule has 1 saturated heterocycles. The van der Waals surface area contributed by atoms with Crippen LogP contribution in [0.1, 0.15) is 36.5 Å². The normalized spacial score (nSPS) is 16.0. The molecule has 2 amide bonds. The summed E-state index contributed by atoms with van der Waals surface area (Å²) in [5.41, 5.74) is 0.612. The molecule has 1 fully saturated rings. The minimum absolute atomic E-state index is 0.0815. The largest absolute Gasteiger partial charge is 0.349 e. The van der Waals surface area contributed by atoms with Crippen LogP contribution < -0.4 is 5.32 Å². The lowest BCUT2D eigenvalue weighted by atomic mass is 10.0. The van der Waals surface area contributed by atoms with Gasteiger partial charge in [0.25, 0.3) is 5.91 Å². The van der Waals surface area contributed by atoms with Crippen molar-refractivity contribution in [3.63, 3.8) is 0 Å². The monoisotopic (exact) mass is 294 g/mol. The molecular weight excluding hydrogens is 276 g/mol. The third-order valence-corrected chi connectivity index (χ3v) is 3.84. The topological polar surface area (TPSA) is 49.4 Å². The van der Waals surface area contributed by atoms with Crippen molar-refractivity contribution in [2.24, 2.45) is 0 Å². The minimum Gasteiger partial charge on any atom is -0.349 e. The van der Waals surface area contributed by atoms with Gasteiger partial charge in [-0.15, -0.1) is 0 Å². The summed E-state index contributed by atoms with van der Waals surface area (Å²) < 4.78 is 0. The first-order chi connectivity index (χ1) is 9.60. The van der Waals surface area contributed by atoms with Crippen molar-refractivity contribution in [2.75, 3.05) is 13.1 Å². The molecule has 0 radical (unpaired) electrons. The van der Waals surface area contributed by atoms with Crippen molar-refractivity contribution in [3.8, 4) is 0 Å². The molecule has 4 nitrogen and oxygen atoms in total. The van der Waals surface area contributed by atoms with Gasteiger partial charge in [-0.2, -0.15) is 0 Å². The summed E-state index contributed by atoms with van der Waals surface area (Å²) in [5.74, 6) is 0.106. The standard InChI is InChI=1S/C15H19ClN2O2/c1-2-14(19)18-9-7-13(8-10-18)17-15(20)11-3-5-12(16)6-4-11/h3-6,13H,2,7-10H2,1H3,(H,17,20). The molecule has 0 unspecified atom stereocenters. The number of hydrogen-bond donors (Lipinski definition) is 1. The molecule has 20 heavy (non-hydrogen) atoms. The van der Waals surface area contributed by atoms with Crippen LogP contribution in [-0.2, 0) is 4.79 Å². The van der Waals surface area contributed by atoms with Crippen LogP contribution in [0.2, 0.25) is 5.02 Å². The fraction of sp³-hybridized carbons (Fsp3) is 0.467. The van der Waals surface area contributed by atoms with Crippen molar-refractivity contribution in [3.05, 3.63) is 34.9 Å². The summed E-state index contributed by atoms with van der Waals surface area (Å²) in [7, 11) is 0. The molecule has 1 heterocycles. The van der Waals surface area contributed by atoms with Gasteiger partial charge in [-0.1, -0.05) is 18.5 Å². The summed E-state index contributed by atoms with van der Waals surface area (Å²) in [6.45, 7) is 3.31. The Balaban J connectivity index is 1.85. The highest BCUT2D eigenvalue weighted by atomic mass is 35.5. The van der Waals surface area contributed by atoms with Crippen LogP contribution >= 0.6 is 11.6 Å². The van der Waals surface area contributed by atoms with Crippen LogP contribution in [0.3, 0.4) is 0 Å². The molecule has 5 heteroatoms. The Bertz CT molecular complexity index is 479. The lowest BCUT2D eigenvalue weighted by molar-refractivity contribution is -0.131. The van der Waals surface area contributed by atoms with E-state index in [-0.39, 0.29) is 17.9 Å². The molecule has 0 saturated carbocycles. The van der Waals surface area contributed by atoms with Crippen molar-refractivity contribution < 1.29 is 9.59 Å². The Morgan fingerprint density at radius 1 is 1.25 bits per heavy atom. The van der Waals surface area contributed by atoms with Gasteiger partial charge >= 0.3 is 0 Å². The third-order valence-electron chi connectivity index (χ3n) is 3.59. The van der Waals surface area contributed by atoms with E-state index in [0.717, 1.165) is 25.9 Å². The van der Waals surface area contributed by atoms with Gasteiger partial charge in [-0.05, 0) is 37.1 Å². The van der Waals surface area contributed by atoms with Crippen molar-refractivity contribution in [2.45, 2.75) is 32.2 Å². The van der Waals surface area contributed by atoms with Crippen LogP contribution in [0.4, 0.5) is 0 Å². The van der Waals surface area contributed by atoms with Crippen LogP contribution in [0, 0.1) is 0 Å². The second-order valence-corrected chi connectivity index (χ2v) is 5.43. The summed E-state index contributed by atoms with van der Waals surface area (Å²) in [5, 5.41) is 3.63. The van der Waals surface area contributed by atoms with E-state index in [0.29, 0.717) is 17.0 Å². The van der Waals surface area contributed by atoms with E-state index in [1.54, 1.807) is 24.3 Å². The first-order valence-electron chi connectivity index (χ1n) is 6.94. The average Bonchev–Trinajstić information content (AvgIpc) is 2.48. The zero-order chi connectivity index (χ0) is 14.5. The number of rotatable bonds is 3. The van der Waals surface area contributed by atoms with Gasteiger partial charge in [0, 0.05) is 36.1 Å². The van der Waals surface area contributed by atoms with Crippen LogP contribution in [-0.4, -0.2) is 35.8 Å². The fourth-order valence-corrected chi connectivity index (χ4v) is 2.49. The molecule has 1 aromatic rings. The smallest absolute Gasteiger partial charge is 0.251 e. The lowest BCUT2D eigenvalue weighted by Crippen LogP contribution is -2.46. The molecule has 0 spiro atoms. The molecule has 2 rings (SSSR count). The third kappa shape index (κ3) is 3.73. The zero-order valence-corrected chi connectivity index (χ0v) is 12.3. The maximum atomic E-state index is 12.1. The van der Waals surface area contributed by atoms with E-state index in [9.17, 15) is 9.59 Å². The Kier molecular flexibility index (Phi) is 5.01. The molecule has 0 aromatic heterocycles. The molecule has 0 aliphatic carbocycles. The second-order valence-electron chi connectivity index (χ2n) is 4.99. The number of piperidine rings is 1. The number of likely N-dealkylation sites (tertiary alicyclic amines) is 1. The Morgan fingerprint density at radius 3 is 2.40 bits per heavy atom. The van der Waals surface area contributed by atoms with Crippen LogP contribution in [0.15, 0.2) is 24.3 Å². The highest BCUT2D eigenvalue weighted by molar-refractivity contribution is 6.30. The van der Waals surface area contributed by atoms with Gasteiger partial charge in [0.2, 0.25) is 5.91 Å². The van der Waals surface area contributed by atoms with Crippen LogP contribution in [0.5, 0.6) is 0 Å². The van der Waals surface area contributed by atoms with Gasteiger partial charge in [0.1, 0.15) is 0 Å². The predicted molar refractivity (Wildman–Crippen MR) is 78.8 cm³/mol.